The first-order valence-electron chi connectivity index (χ1n) is 8.15. The van der Waals surface area contributed by atoms with E-state index in [0.717, 1.165) is 17.7 Å². The molecule has 0 aliphatic rings. The Labute approximate surface area is 148 Å². The number of rotatable bonds is 6. The minimum absolute atomic E-state index is 0.0637. The maximum absolute atomic E-state index is 13.4. The first-order chi connectivity index (χ1) is 12.6. The Bertz CT molecular complexity index is 898. The van der Waals surface area contributed by atoms with Gasteiger partial charge in [-0.3, -0.25) is 4.79 Å². The van der Waals surface area contributed by atoms with E-state index in [-0.39, 0.29) is 24.1 Å². The Morgan fingerprint density at radius 2 is 1.92 bits per heavy atom. The lowest BCUT2D eigenvalue weighted by atomic mass is 9.96. The van der Waals surface area contributed by atoms with E-state index in [4.69, 9.17) is 0 Å². The molecule has 3 rings (SSSR count). The first-order valence-corrected chi connectivity index (χ1v) is 8.15. The molecule has 0 bridgehead atoms. The van der Waals surface area contributed by atoms with Crippen LogP contribution < -0.4 is 5.32 Å². The third kappa shape index (κ3) is 3.74. The van der Waals surface area contributed by atoms with Crippen LogP contribution in [0.4, 0.5) is 8.78 Å². The Morgan fingerprint density at radius 1 is 1.15 bits per heavy atom. The highest BCUT2D eigenvalue weighted by Gasteiger charge is 2.19. The molecule has 0 radical (unpaired) electrons. The van der Waals surface area contributed by atoms with Crippen molar-refractivity contribution in [2.24, 2.45) is 0 Å². The molecule has 1 N–H and O–H groups in total. The minimum atomic E-state index is -0.997. The fraction of sp³-hybridized carbons (Fsp3) is 0.222. The summed E-state index contributed by atoms with van der Waals surface area (Å²) in [6, 6.07) is 12.8. The molecule has 0 unspecified atom stereocenters. The molecular formula is C18H17F2N5O. The van der Waals surface area contributed by atoms with E-state index in [1.807, 2.05) is 37.3 Å². The lowest BCUT2D eigenvalue weighted by Crippen LogP contribution is -2.29. The van der Waals surface area contributed by atoms with Crippen molar-refractivity contribution in [3.63, 3.8) is 0 Å². The van der Waals surface area contributed by atoms with Crippen LogP contribution in [0.1, 0.15) is 30.7 Å². The number of nitrogens with one attached hydrogen (secondary N) is 1. The zero-order valence-electron chi connectivity index (χ0n) is 14.1. The molecular weight excluding hydrogens is 340 g/mol. The summed E-state index contributed by atoms with van der Waals surface area (Å²) in [7, 11) is 0. The van der Waals surface area contributed by atoms with E-state index in [2.05, 4.69) is 20.8 Å². The summed E-state index contributed by atoms with van der Waals surface area (Å²) in [5.41, 5.74) is 1.20. The van der Waals surface area contributed by atoms with Crippen molar-refractivity contribution in [3.8, 4) is 5.69 Å². The highest BCUT2D eigenvalue weighted by Crippen LogP contribution is 2.19. The van der Waals surface area contributed by atoms with Crippen molar-refractivity contribution < 1.29 is 13.6 Å². The van der Waals surface area contributed by atoms with E-state index in [9.17, 15) is 13.6 Å². The van der Waals surface area contributed by atoms with Crippen LogP contribution in [0, 0.1) is 11.6 Å². The molecule has 1 heterocycles. The van der Waals surface area contributed by atoms with Gasteiger partial charge in [0.1, 0.15) is 0 Å². The van der Waals surface area contributed by atoms with Crippen molar-refractivity contribution in [1.82, 2.24) is 25.5 Å². The van der Waals surface area contributed by atoms with Crippen molar-refractivity contribution in [2.45, 2.75) is 25.8 Å². The number of halogens is 2. The molecule has 2 aromatic carbocycles. The third-order valence-electron chi connectivity index (χ3n) is 4.03. The van der Waals surface area contributed by atoms with Gasteiger partial charge in [-0.05, 0) is 34.5 Å². The summed E-state index contributed by atoms with van der Waals surface area (Å²) in [5, 5.41) is 14.0. The molecule has 3 aromatic rings. The van der Waals surface area contributed by atoms with Crippen LogP contribution in [0.2, 0.25) is 0 Å². The predicted octanol–water partition coefficient (Wildman–Crippen LogP) is 2.75. The summed E-state index contributed by atoms with van der Waals surface area (Å²) in [6.45, 7) is 2.00. The smallest absolute Gasteiger partial charge is 0.227 e. The standard InChI is InChI=1S/C18H17F2N5O/c1-2-14(12-6-4-3-5-7-12)18(26)21-11-17-22-23-24-25(17)13-8-9-15(19)16(20)10-13/h3-10,14H,2,11H2,1H3,(H,21,26)/t14-/m1/s1. The van der Waals surface area contributed by atoms with Gasteiger partial charge < -0.3 is 5.32 Å². The van der Waals surface area contributed by atoms with Gasteiger partial charge in [0.05, 0.1) is 18.2 Å². The van der Waals surface area contributed by atoms with Crippen LogP contribution in [0.5, 0.6) is 0 Å². The SMILES string of the molecule is CC[C@@H](C(=O)NCc1nnnn1-c1ccc(F)c(F)c1)c1ccccc1. The molecule has 1 atom stereocenters. The molecule has 0 aliphatic carbocycles. The number of tetrazole rings is 1. The van der Waals surface area contributed by atoms with E-state index < -0.39 is 11.6 Å². The molecule has 0 saturated heterocycles. The van der Waals surface area contributed by atoms with Crippen LogP contribution in [0.25, 0.3) is 5.69 Å². The second kappa shape index (κ2) is 7.81. The summed E-state index contributed by atoms with van der Waals surface area (Å²) in [6.07, 6.45) is 0.643. The predicted molar refractivity (Wildman–Crippen MR) is 90.4 cm³/mol. The molecule has 8 heteroatoms. The number of hydrogen-bond acceptors (Lipinski definition) is 4. The normalized spacial score (nSPS) is 12.0. The number of carbonyl (C=O) groups excluding carboxylic acids is 1. The quantitative estimate of drug-likeness (QED) is 0.736. The first kappa shape index (κ1) is 17.7. The highest BCUT2D eigenvalue weighted by molar-refractivity contribution is 5.83. The largest absolute Gasteiger partial charge is 0.348 e. The number of hydrogen-bond donors (Lipinski definition) is 1. The number of benzene rings is 2. The minimum Gasteiger partial charge on any atom is -0.348 e. The van der Waals surface area contributed by atoms with E-state index in [0.29, 0.717) is 12.2 Å². The molecule has 0 aliphatic heterocycles. The van der Waals surface area contributed by atoms with Crippen LogP contribution in [-0.2, 0) is 11.3 Å². The van der Waals surface area contributed by atoms with Gasteiger partial charge in [0, 0.05) is 6.07 Å². The zero-order valence-corrected chi connectivity index (χ0v) is 14.1. The lowest BCUT2D eigenvalue weighted by Gasteiger charge is -2.15. The molecule has 26 heavy (non-hydrogen) atoms. The maximum Gasteiger partial charge on any atom is 0.227 e. The summed E-state index contributed by atoms with van der Waals surface area (Å²) < 4.78 is 27.8. The van der Waals surface area contributed by atoms with E-state index in [1.165, 1.54) is 10.7 Å². The maximum atomic E-state index is 13.4. The van der Waals surface area contributed by atoms with Gasteiger partial charge in [-0.25, -0.2) is 8.78 Å². The van der Waals surface area contributed by atoms with Crippen molar-refractivity contribution in [1.29, 1.82) is 0 Å². The van der Waals surface area contributed by atoms with Gasteiger partial charge in [-0.15, -0.1) is 5.10 Å². The number of aromatic nitrogens is 4. The molecule has 0 fully saturated rings. The fourth-order valence-corrected chi connectivity index (χ4v) is 2.68. The van der Waals surface area contributed by atoms with Gasteiger partial charge >= 0.3 is 0 Å². The Hall–Kier alpha value is -3.16. The molecule has 6 nitrogen and oxygen atoms in total. The van der Waals surface area contributed by atoms with Crippen LogP contribution >= 0.6 is 0 Å². The van der Waals surface area contributed by atoms with Crippen molar-refractivity contribution >= 4 is 5.91 Å². The number of nitrogens with zero attached hydrogens (tertiary/aromatic N) is 4. The van der Waals surface area contributed by atoms with E-state index in [1.54, 1.807) is 0 Å². The molecule has 0 spiro atoms. The monoisotopic (exact) mass is 357 g/mol. The van der Waals surface area contributed by atoms with E-state index >= 15 is 0 Å². The average Bonchev–Trinajstić information content (AvgIpc) is 3.12. The van der Waals surface area contributed by atoms with Gasteiger partial charge in [0.15, 0.2) is 17.5 Å². The van der Waals surface area contributed by atoms with Gasteiger partial charge in [-0.1, -0.05) is 37.3 Å². The van der Waals surface area contributed by atoms with Crippen LogP contribution in [0.3, 0.4) is 0 Å². The Kier molecular flexibility index (Phi) is 5.31. The summed E-state index contributed by atoms with van der Waals surface area (Å²) in [4.78, 5) is 12.5. The summed E-state index contributed by atoms with van der Waals surface area (Å²) >= 11 is 0. The molecule has 1 aromatic heterocycles. The third-order valence-corrected chi connectivity index (χ3v) is 4.03. The van der Waals surface area contributed by atoms with Gasteiger partial charge in [-0.2, -0.15) is 4.68 Å². The second-order valence-corrected chi connectivity index (χ2v) is 5.69. The second-order valence-electron chi connectivity index (χ2n) is 5.69. The summed E-state index contributed by atoms with van der Waals surface area (Å²) in [5.74, 6) is -2.08. The Balaban J connectivity index is 1.73. The highest BCUT2D eigenvalue weighted by atomic mass is 19.2. The average molecular weight is 357 g/mol. The number of carbonyl (C=O) groups is 1. The number of amides is 1. The van der Waals surface area contributed by atoms with Crippen LogP contribution in [-0.4, -0.2) is 26.1 Å². The van der Waals surface area contributed by atoms with Crippen molar-refractivity contribution in [3.05, 3.63) is 71.6 Å². The van der Waals surface area contributed by atoms with Gasteiger partial charge in [0.25, 0.3) is 0 Å². The fourth-order valence-electron chi connectivity index (χ4n) is 2.68. The zero-order chi connectivity index (χ0) is 18.5. The Morgan fingerprint density at radius 3 is 2.62 bits per heavy atom. The molecule has 134 valence electrons. The van der Waals surface area contributed by atoms with Crippen molar-refractivity contribution in [2.75, 3.05) is 0 Å². The lowest BCUT2D eigenvalue weighted by molar-refractivity contribution is -0.122. The molecule has 0 saturated carbocycles. The van der Waals surface area contributed by atoms with Crippen LogP contribution in [0.15, 0.2) is 48.5 Å². The topological polar surface area (TPSA) is 72.7 Å². The molecule has 1 amide bonds. The van der Waals surface area contributed by atoms with Gasteiger partial charge in [0.2, 0.25) is 5.91 Å².